The van der Waals surface area contributed by atoms with Crippen molar-refractivity contribution >= 4 is 166 Å². The molecule has 15 N–H and O–H groups in total. The van der Waals surface area contributed by atoms with Gasteiger partial charge in [-0.2, -0.15) is 132 Å². The Morgan fingerprint density at radius 2 is 0.358 bits per heavy atom. The number of nitrogens with zero attached hydrogens (tertiary/aromatic N) is 20. The van der Waals surface area contributed by atoms with Crippen LogP contribution in [0.2, 0.25) is 0 Å². The highest BCUT2D eigenvalue weighted by atomic mass is 127. The smallest absolute Gasteiger partial charge is 0.486 e. The zero-order valence-corrected chi connectivity index (χ0v) is 75.9. The summed E-state index contributed by atoms with van der Waals surface area (Å²) in [6.45, 7) is 0.758. The lowest BCUT2D eigenvalue weighted by Crippen LogP contribution is -3.00. The summed E-state index contributed by atoms with van der Waals surface area (Å²) in [5.74, 6) is 0.541. The van der Waals surface area contributed by atoms with Gasteiger partial charge in [0, 0.05) is 28.8 Å². The fraction of sp³-hybridized carbons (Fsp3) is 0.667. The quantitative estimate of drug-likeness (QED) is 0.0577. The Labute approximate surface area is 775 Å². The van der Waals surface area contributed by atoms with E-state index in [0.717, 1.165) is 0 Å². The fourth-order valence-corrected chi connectivity index (χ4v) is 19.5. The number of anilines is 5. The third kappa shape index (κ3) is 24.6. The van der Waals surface area contributed by atoms with Crippen LogP contribution in [0.15, 0.2) is 0 Å². The van der Waals surface area contributed by atoms with Crippen LogP contribution in [0.1, 0.15) is 25.0 Å². The summed E-state index contributed by atoms with van der Waals surface area (Å²) >= 11 is 4.50. The first-order valence-electron chi connectivity index (χ1n) is 30.6. The van der Waals surface area contributed by atoms with Crippen LogP contribution in [0.25, 0.3) is 0 Å². The number of hydrazone groups is 5. The van der Waals surface area contributed by atoms with E-state index in [0.29, 0.717) is 115 Å². The molecule has 30 nitrogen and oxygen atoms in total. The highest BCUT2D eigenvalue weighted by Crippen LogP contribution is 2.44. The van der Waals surface area contributed by atoms with Gasteiger partial charge in [-0.15, -0.1) is 102 Å². The van der Waals surface area contributed by atoms with E-state index < -0.39 is 143 Å². The Kier molecular flexibility index (Phi) is 35.1. The molecule has 10 unspecified atom stereocenters. The molecule has 0 spiro atoms. The molecule has 0 saturated carbocycles. The van der Waals surface area contributed by atoms with Gasteiger partial charge in [0.05, 0.1) is 32.7 Å². The van der Waals surface area contributed by atoms with E-state index >= 15 is 0 Å². The van der Waals surface area contributed by atoms with Crippen molar-refractivity contribution in [1.82, 2.24) is 76.0 Å². The molecule has 15 heterocycles. The minimum atomic E-state index is -4.63. The van der Waals surface area contributed by atoms with Crippen molar-refractivity contribution in [2.24, 2.45) is 28.7 Å². The van der Waals surface area contributed by atoms with E-state index in [-0.39, 0.29) is 237 Å². The van der Waals surface area contributed by atoms with Crippen LogP contribution in [0.3, 0.4) is 0 Å². The lowest BCUT2D eigenvalue weighted by molar-refractivity contribution is -0.660. The molecule has 0 aromatic carbocycles. The van der Waals surface area contributed by atoms with Crippen molar-refractivity contribution in [3.8, 4) is 0 Å². The fourth-order valence-electron chi connectivity index (χ4n) is 11.0. The van der Waals surface area contributed by atoms with E-state index in [4.69, 9.17) is 28.7 Å². The van der Waals surface area contributed by atoms with Gasteiger partial charge in [-0.25, -0.2) is 0 Å². The number of aromatic nitrogens is 10. The van der Waals surface area contributed by atoms with E-state index in [2.05, 4.69) is 76.5 Å². The maximum atomic E-state index is 12.7. The van der Waals surface area contributed by atoms with E-state index in [1.54, 1.807) is 0 Å². The van der Waals surface area contributed by atoms with E-state index in [9.17, 15) is 132 Å². The van der Waals surface area contributed by atoms with Crippen LogP contribution >= 0.6 is 115 Å². The second-order valence-electron chi connectivity index (χ2n) is 23.8. The number of thioether (sulfide) groups is 5. The first-order chi connectivity index (χ1) is 52.9. The van der Waals surface area contributed by atoms with Gasteiger partial charge >= 0.3 is 87.0 Å². The van der Waals surface area contributed by atoms with Crippen LogP contribution in [0.4, 0.5) is 157 Å². The monoisotopic (exact) mass is 2530 g/mol. The number of rotatable bonds is 5. The van der Waals surface area contributed by atoms with Crippen LogP contribution in [-0.4, -0.2) is 255 Å². The van der Waals surface area contributed by atoms with Crippen molar-refractivity contribution < 1.29 is 277 Å². The van der Waals surface area contributed by atoms with Gasteiger partial charge in [0.2, 0.25) is 82.1 Å². The maximum absolute atomic E-state index is 12.7. The van der Waals surface area contributed by atoms with Gasteiger partial charge < -0.3 is 144 Å². The third-order valence-electron chi connectivity index (χ3n) is 16.1. The summed E-state index contributed by atoms with van der Waals surface area (Å²) in [7, 11) is 0. The second kappa shape index (κ2) is 39.7. The molecule has 5 aromatic heterocycles. The van der Waals surface area contributed by atoms with Crippen LogP contribution in [0, 0.1) is 0 Å². The molecule has 0 radical (unpaired) electrons. The standard InChI is InChI=1S/5C9H8F6N6S2.5HI/c5*10-8(11,12)4-17-18-7(23-4)20-1-3-2-22-5(9(13,14)15)19-21(3)6(20)16;;;;;/h5*3,6H,1-2,16H2;5*1H. The zero-order chi connectivity index (χ0) is 85.0. The molecule has 5 fully saturated rings. The number of nitrogens with one attached hydrogen (secondary N) is 5. The summed E-state index contributed by atoms with van der Waals surface area (Å²) in [5, 5.41) is 38.8. The Morgan fingerprint density at radius 1 is 0.225 bits per heavy atom. The molecule has 0 amide bonds. The van der Waals surface area contributed by atoms with Gasteiger partial charge in [0.1, 0.15) is 30.2 Å². The molecule has 10 aliphatic rings. The van der Waals surface area contributed by atoms with Gasteiger partial charge in [0.15, 0.2) is 0 Å². The van der Waals surface area contributed by atoms with Crippen molar-refractivity contribution in [3.63, 3.8) is 0 Å². The van der Waals surface area contributed by atoms with Crippen molar-refractivity contribution in [3.05, 3.63) is 25.0 Å². The van der Waals surface area contributed by atoms with Gasteiger partial charge in [-0.05, 0) is 58.8 Å². The van der Waals surface area contributed by atoms with E-state index in [1.807, 2.05) is 0 Å². The number of hydrogen-bond acceptors (Lipinski definition) is 35. The predicted molar refractivity (Wildman–Crippen MR) is 352 cm³/mol. The molecule has 5 saturated heterocycles. The number of alkyl halides is 30. The largest absolute Gasteiger partial charge is 1.00 e. The Balaban J connectivity index is 0.000000230. The summed E-state index contributed by atoms with van der Waals surface area (Å²) in [6, 6.07) is -1.95. The molecule has 0 bridgehead atoms. The highest BCUT2D eigenvalue weighted by molar-refractivity contribution is 8.15. The van der Waals surface area contributed by atoms with Crippen LogP contribution in [0.5, 0.6) is 0 Å². The van der Waals surface area contributed by atoms with Crippen molar-refractivity contribution in [1.29, 1.82) is 0 Å². The van der Waals surface area contributed by atoms with Gasteiger partial charge in [0.25, 0.3) is 0 Å². The average molecular weight is 2530 g/mol. The SMILES string of the molecule is NC1N(c2nnc(C(F)(F)F)s2)CC2CSC(C(F)(F)F)=[NH+]N21.NC1N(c2nnc(C(F)(F)F)s2)CC2CSC(C(F)(F)F)=[NH+]N21.NC1N(c2nnc(C(F)(F)F)s2)CC2CSC(C(F)(F)F)=[NH+]N21.NC1N(c2nnc(C(F)(F)F)s2)CC2CSC(C(F)(F)F)=[NH+]N21.NC1N(c2nnc(C(F)(F)F)s2)CC2CSC(C(F)(F)F)=[NH+]N21.[I-].[I-].[I-].[I-].[I-]. The summed E-state index contributed by atoms with van der Waals surface area (Å²) in [6.07, 6.45) is -51.2. The molecule has 120 heavy (non-hydrogen) atoms. The number of halogens is 35. The third-order valence-corrected chi connectivity index (χ3v) is 26.9. The highest BCUT2D eigenvalue weighted by Gasteiger charge is 2.59. The maximum Gasteiger partial charge on any atom is 0.486 e. The minimum Gasteiger partial charge on any atom is -1.00 e. The average Bonchev–Trinajstić information content (AvgIpc) is 1.65. The molecule has 5 aromatic rings. The zero-order valence-electron chi connectivity index (χ0n) is 57.0. The molecule has 75 heteroatoms. The number of fused-ring (bicyclic) bond motifs is 5. The predicted octanol–water partition coefficient (Wildman–Crippen LogP) is -15.0. The van der Waals surface area contributed by atoms with Crippen LogP contribution < -0.4 is 199 Å². The Morgan fingerprint density at radius 3 is 0.467 bits per heavy atom. The molecule has 0 aliphatic carbocycles. The van der Waals surface area contributed by atoms with Crippen molar-refractivity contribution in [2.75, 3.05) is 86.0 Å². The Bertz CT molecular complexity index is 3790. The normalized spacial score (nSPS) is 24.5. The minimum absolute atomic E-state index is 0. The number of hydrazine groups is 5. The second-order valence-corrected chi connectivity index (χ2v) is 33.8. The summed E-state index contributed by atoms with van der Waals surface area (Å²) in [5.41, 5.74) is 29.2. The number of hydrogen-bond donors (Lipinski definition) is 10. The Hall–Kier alpha value is -2.75. The topological polar surface area (TPSA) is 361 Å². The lowest BCUT2D eigenvalue weighted by Gasteiger charge is -2.24. The first kappa shape index (κ1) is 106. The summed E-state index contributed by atoms with van der Waals surface area (Å²) in [4.78, 5) is 6.48. The molecular weight excluding hydrogens is 2490 g/mol. The van der Waals surface area contributed by atoms with Crippen LogP contribution in [-0.2, 0) is 30.9 Å². The molecule has 10 aliphatic heterocycles. The molecule has 10 atom stereocenters. The lowest BCUT2D eigenvalue weighted by atomic mass is 10.3. The molecule has 680 valence electrons. The molecule has 15 rings (SSSR count). The van der Waals surface area contributed by atoms with Crippen molar-refractivity contribution in [2.45, 2.75) is 123 Å². The number of nitrogens with two attached hydrogens (primary N) is 5. The van der Waals surface area contributed by atoms with E-state index in [1.165, 1.54) is 49.5 Å². The first-order valence-corrected chi connectivity index (χ1v) is 39.6. The van der Waals surface area contributed by atoms with Gasteiger partial charge in [-0.1, -0.05) is 56.7 Å². The summed E-state index contributed by atoms with van der Waals surface area (Å²) < 4.78 is 380. The molecular formula is C45H45F30I5N30S10. The van der Waals surface area contributed by atoms with Gasteiger partial charge in [-0.3, -0.25) is 28.7 Å².